The highest BCUT2D eigenvalue weighted by Gasteiger charge is 2.68. The number of hydrogen-bond acceptors (Lipinski definition) is 3. The number of rotatable bonds is 0. The van der Waals surface area contributed by atoms with Gasteiger partial charge < -0.3 is 15.3 Å². The van der Waals surface area contributed by atoms with E-state index in [1.54, 1.807) is 0 Å². The third kappa shape index (κ3) is 2.55. The first-order chi connectivity index (χ1) is 15.8. The largest absolute Gasteiger partial charge is 0.508 e. The van der Waals surface area contributed by atoms with E-state index in [1.165, 1.54) is 57.4 Å². The average Bonchev–Trinajstić information content (AvgIpc) is 3.06. The second kappa shape index (κ2) is 6.68. The Balaban J connectivity index is 1.41. The second-order valence-corrected chi connectivity index (χ2v) is 14.9. The molecule has 0 aliphatic heterocycles. The highest BCUT2D eigenvalue weighted by atomic mass is 16.3. The molecule has 1 aromatic carbocycles. The lowest BCUT2D eigenvalue weighted by molar-refractivity contribution is -0.216. The van der Waals surface area contributed by atoms with Crippen molar-refractivity contribution in [1.82, 2.24) is 0 Å². The quantitative estimate of drug-likeness (QED) is 0.271. The molecule has 0 saturated heterocycles. The molecule has 1 aromatic rings. The lowest BCUT2D eigenvalue weighted by Crippen LogP contribution is -2.64. The minimum Gasteiger partial charge on any atom is -0.508 e. The smallest absolute Gasteiger partial charge is 0.161 e. The maximum atomic E-state index is 10.9. The predicted molar refractivity (Wildman–Crippen MR) is 136 cm³/mol. The van der Waals surface area contributed by atoms with Gasteiger partial charge in [0, 0.05) is 22.6 Å². The van der Waals surface area contributed by atoms with Gasteiger partial charge in [-0.25, -0.2) is 0 Å². The van der Waals surface area contributed by atoms with Crippen LogP contribution in [0.1, 0.15) is 110 Å². The van der Waals surface area contributed by atoms with Gasteiger partial charge in [0.05, 0.1) is 0 Å². The van der Waals surface area contributed by atoms with Gasteiger partial charge in [-0.1, -0.05) is 48.0 Å². The van der Waals surface area contributed by atoms with Crippen LogP contribution in [-0.2, 0) is 11.8 Å². The van der Waals surface area contributed by atoms with Gasteiger partial charge in [0.25, 0.3) is 0 Å². The Hall–Kier alpha value is -1.38. The molecule has 188 valence electrons. The normalized spacial score (nSPS) is 48.8. The summed E-state index contributed by atoms with van der Waals surface area (Å²) in [7, 11) is 0. The number of hydrogen-bond donors (Lipinski definition) is 3. The van der Waals surface area contributed by atoms with E-state index in [4.69, 9.17) is 0 Å². The van der Waals surface area contributed by atoms with Crippen LogP contribution in [0.25, 0.3) is 0 Å². The maximum Gasteiger partial charge on any atom is 0.161 e. The van der Waals surface area contributed by atoms with E-state index in [-0.39, 0.29) is 28.1 Å². The highest BCUT2D eigenvalue weighted by Crippen LogP contribution is 2.76. The van der Waals surface area contributed by atoms with Crippen LogP contribution in [0.4, 0.5) is 0 Å². The molecule has 8 unspecified atom stereocenters. The number of phenols is 3. The Bertz CT molecular complexity index is 1040. The minimum absolute atomic E-state index is 0.0113. The van der Waals surface area contributed by atoms with Crippen LogP contribution >= 0.6 is 0 Å². The lowest BCUT2D eigenvalue weighted by Gasteiger charge is -2.71. The molecule has 0 radical (unpaired) electrons. The molecule has 0 heterocycles. The fraction of sp³-hybridized carbons (Fsp3) is 0.806. The van der Waals surface area contributed by atoms with E-state index in [1.807, 2.05) is 0 Å². The van der Waals surface area contributed by atoms with Crippen molar-refractivity contribution >= 4 is 0 Å². The lowest BCUT2D eigenvalue weighted by atomic mass is 9.34. The fourth-order valence-electron chi connectivity index (χ4n) is 12.0. The zero-order valence-electron chi connectivity index (χ0n) is 22.3. The van der Waals surface area contributed by atoms with Crippen LogP contribution in [0.3, 0.4) is 0 Å². The fourth-order valence-corrected chi connectivity index (χ4v) is 12.0. The third-order valence-corrected chi connectivity index (χ3v) is 13.3. The highest BCUT2D eigenvalue weighted by molar-refractivity contribution is 5.61. The molecule has 4 fully saturated rings. The molecule has 6 rings (SSSR count). The number of aromatic hydroxyl groups is 3. The van der Waals surface area contributed by atoms with Crippen molar-refractivity contribution in [1.29, 1.82) is 0 Å². The summed E-state index contributed by atoms with van der Waals surface area (Å²) in [6, 6.07) is 1.35. The molecule has 3 nitrogen and oxygen atoms in total. The minimum atomic E-state index is -0.183. The Morgan fingerprint density at radius 1 is 0.647 bits per heavy atom. The number of fused-ring (bicyclic) bond motifs is 9. The van der Waals surface area contributed by atoms with E-state index in [0.29, 0.717) is 28.1 Å². The molecule has 3 N–H and O–H groups in total. The average molecular weight is 467 g/mol. The third-order valence-electron chi connectivity index (χ3n) is 13.3. The molecule has 8 atom stereocenters. The number of phenolic OH excluding ortho intramolecular Hbond substituents is 3. The van der Waals surface area contributed by atoms with Crippen molar-refractivity contribution in [2.24, 2.45) is 45.3 Å². The van der Waals surface area contributed by atoms with Gasteiger partial charge in [0.15, 0.2) is 11.5 Å². The molecule has 4 saturated carbocycles. The van der Waals surface area contributed by atoms with E-state index in [0.717, 1.165) is 35.8 Å². The van der Waals surface area contributed by atoms with Crippen molar-refractivity contribution < 1.29 is 15.3 Å². The molecule has 0 bridgehead atoms. The zero-order valence-corrected chi connectivity index (χ0v) is 22.3. The summed E-state index contributed by atoms with van der Waals surface area (Å²) in [6.07, 6.45) is 12.5. The monoisotopic (exact) mass is 466 g/mol. The van der Waals surface area contributed by atoms with Gasteiger partial charge in [0.1, 0.15) is 5.75 Å². The van der Waals surface area contributed by atoms with Gasteiger partial charge in [-0.05, 0) is 103 Å². The van der Waals surface area contributed by atoms with Crippen molar-refractivity contribution in [2.45, 2.75) is 111 Å². The summed E-state index contributed by atoms with van der Waals surface area (Å²) in [5.74, 6) is 2.74. The van der Waals surface area contributed by atoms with Crippen molar-refractivity contribution in [3.63, 3.8) is 0 Å². The summed E-state index contributed by atoms with van der Waals surface area (Å²) in [4.78, 5) is 0. The topological polar surface area (TPSA) is 60.7 Å². The second-order valence-electron chi connectivity index (χ2n) is 14.9. The Morgan fingerprint density at radius 3 is 1.88 bits per heavy atom. The van der Waals surface area contributed by atoms with Gasteiger partial charge in [-0.3, -0.25) is 0 Å². The van der Waals surface area contributed by atoms with Crippen molar-refractivity contribution in [2.75, 3.05) is 0 Å². The van der Waals surface area contributed by atoms with Gasteiger partial charge in [-0.2, -0.15) is 0 Å². The zero-order chi connectivity index (χ0) is 24.5. The predicted octanol–water partition coefficient (Wildman–Crippen LogP) is 7.69. The van der Waals surface area contributed by atoms with Crippen LogP contribution in [0.15, 0.2) is 6.07 Å². The molecular weight excluding hydrogens is 420 g/mol. The Morgan fingerprint density at radius 2 is 1.21 bits per heavy atom. The van der Waals surface area contributed by atoms with Crippen LogP contribution in [0, 0.1) is 45.3 Å². The molecule has 0 spiro atoms. The van der Waals surface area contributed by atoms with Crippen LogP contribution in [0.5, 0.6) is 17.2 Å². The van der Waals surface area contributed by atoms with Gasteiger partial charge in [-0.15, -0.1) is 0 Å². The van der Waals surface area contributed by atoms with E-state index in [9.17, 15) is 15.3 Å². The Kier molecular flexibility index (Phi) is 4.53. The first-order valence-electron chi connectivity index (χ1n) is 14.1. The number of benzene rings is 1. The maximum absolute atomic E-state index is 10.9. The van der Waals surface area contributed by atoms with E-state index < -0.39 is 0 Å². The molecule has 5 aliphatic rings. The summed E-state index contributed by atoms with van der Waals surface area (Å²) in [6.45, 7) is 15.3. The van der Waals surface area contributed by atoms with Crippen LogP contribution < -0.4 is 0 Å². The van der Waals surface area contributed by atoms with E-state index in [2.05, 4.69) is 41.5 Å². The van der Waals surface area contributed by atoms with Crippen molar-refractivity contribution in [3.8, 4) is 17.2 Å². The summed E-state index contributed by atoms with van der Waals surface area (Å²) >= 11 is 0. The van der Waals surface area contributed by atoms with Gasteiger partial charge >= 0.3 is 0 Å². The molecular formula is C31H46O3. The summed E-state index contributed by atoms with van der Waals surface area (Å²) in [5.41, 5.74) is 3.03. The molecule has 0 aromatic heterocycles. The van der Waals surface area contributed by atoms with Crippen LogP contribution in [-0.4, -0.2) is 15.3 Å². The summed E-state index contributed by atoms with van der Waals surface area (Å²) < 4.78 is 0. The first kappa shape index (κ1) is 23.0. The van der Waals surface area contributed by atoms with E-state index >= 15 is 0 Å². The SMILES string of the molecule is CC1(C)CCCC2(C)C1CCC1(C)C2CCC2(C)C3Cc4c(O)cc(O)c(O)c4C3(C)CCC21. The van der Waals surface area contributed by atoms with Crippen LogP contribution in [0.2, 0.25) is 0 Å². The molecule has 5 aliphatic carbocycles. The molecule has 34 heavy (non-hydrogen) atoms. The van der Waals surface area contributed by atoms with Crippen molar-refractivity contribution in [3.05, 3.63) is 17.2 Å². The molecule has 3 heteroatoms. The Labute approximate surface area is 206 Å². The van der Waals surface area contributed by atoms with Gasteiger partial charge in [0.2, 0.25) is 0 Å². The molecule has 0 amide bonds. The standard InChI is InChI=1S/C31H46O3/c1-27(2)11-7-12-28(3)21(27)8-13-29(4)22(28)9-14-30(5)23(29)10-15-31(6)24(30)16-18-19(32)17-20(33)26(34)25(18)31/h17,21-24,32-34H,7-16H2,1-6H3. The summed E-state index contributed by atoms with van der Waals surface area (Å²) in [5, 5.41) is 32.0. The first-order valence-corrected chi connectivity index (χ1v) is 14.1.